The zero-order valence-electron chi connectivity index (χ0n) is 7.98. The predicted octanol–water partition coefficient (Wildman–Crippen LogP) is 2.48. The molecule has 0 aliphatic heterocycles. The highest BCUT2D eigenvalue weighted by Gasteiger charge is 1.98. The molecule has 0 radical (unpaired) electrons. The molecule has 0 aromatic carbocycles. The van der Waals surface area contributed by atoms with E-state index in [4.69, 9.17) is 11.6 Å². The fraction of sp³-hybridized carbons (Fsp3) is 0.200. The summed E-state index contributed by atoms with van der Waals surface area (Å²) in [5, 5.41) is 3.26. The molecular formula is C10H10ClN3S. The molecule has 3 nitrogen and oxygen atoms in total. The monoisotopic (exact) mass is 239 g/mol. The third-order valence-corrected chi connectivity index (χ3v) is 3.06. The molecule has 0 unspecified atom stereocenters. The van der Waals surface area contributed by atoms with Crippen molar-refractivity contribution in [2.24, 2.45) is 0 Å². The zero-order valence-corrected chi connectivity index (χ0v) is 9.55. The van der Waals surface area contributed by atoms with Crippen LogP contribution in [0.3, 0.4) is 0 Å². The van der Waals surface area contributed by atoms with E-state index in [1.807, 2.05) is 18.2 Å². The topological polar surface area (TPSA) is 37.8 Å². The minimum Gasteiger partial charge on any atom is -0.305 e. The van der Waals surface area contributed by atoms with Gasteiger partial charge in [-0.2, -0.15) is 0 Å². The largest absolute Gasteiger partial charge is 0.305 e. The van der Waals surface area contributed by atoms with Gasteiger partial charge in [-0.15, -0.1) is 11.3 Å². The lowest BCUT2D eigenvalue weighted by Gasteiger charge is -2.00. The quantitative estimate of drug-likeness (QED) is 0.891. The highest BCUT2D eigenvalue weighted by molar-refractivity contribution is 7.16. The van der Waals surface area contributed by atoms with Crippen LogP contribution in [-0.4, -0.2) is 9.97 Å². The van der Waals surface area contributed by atoms with Gasteiger partial charge in [0, 0.05) is 23.8 Å². The van der Waals surface area contributed by atoms with Gasteiger partial charge in [-0.25, -0.2) is 9.97 Å². The fourth-order valence-electron chi connectivity index (χ4n) is 1.17. The Labute approximate surface area is 97.2 Å². The van der Waals surface area contributed by atoms with Crippen LogP contribution in [0, 0.1) is 0 Å². The van der Waals surface area contributed by atoms with Gasteiger partial charge >= 0.3 is 0 Å². The Bertz CT molecular complexity index is 416. The molecule has 2 rings (SSSR count). The van der Waals surface area contributed by atoms with Crippen molar-refractivity contribution in [1.82, 2.24) is 15.3 Å². The first-order valence-corrected chi connectivity index (χ1v) is 5.75. The second kappa shape index (κ2) is 5.21. The van der Waals surface area contributed by atoms with E-state index in [1.54, 1.807) is 23.7 Å². The van der Waals surface area contributed by atoms with E-state index in [9.17, 15) is 0 Å². The van der Waals surface area contributed by atoms with Gasteiger partial charge in [0.2, 0.25) is 0 Å². The second-order valence-electron chi connectivity index (χ2n) is 2.97. The smallest absolute Gasteiger partial charge is 0.141 e. The normalized spacial score (nSPS) is 10.5. The molecule has 5 heteroatoms. The minimum absolute atomic E-state index is 0.677. The Morgan fingerprint density at radius 3 is 2.67 bits per heavy atom. The Morgan fingerprint density at radius 1 is 1.20 bits per heavy atom. The van der Waals surface area contributed by atoms with Crippen LogP contribution >= 0.6 is 22.9 Å². The number of nitrogens with zero attached hydrogens (tertiary/aromatic N) is 2. The van der Waals surface area contributed by atoms with Gasteiger partial charge in [-0.05, 0) is 18.2 Å². The van der Waals surface area contributed by atoms with Gasteiger partial charge < -0.3 is 5.32 Å². The number of aromatic nitrogens is 2. The van der Waals surface area contributed by atoms with Crippen LogP contribution in [0.15, 0.2) is 30.6 Å². The summed E-state index contributed by atoms with van der Waals surface area (Å²) < 4.78 is 0.822. The maximum absolute atomic E-state index is 5.82. The lowest BCUT2D eigenvalue weighted by atomic mass is 10.4. The molecule has 0 bridgehead atoms. The summed E-state index contributed by atoms with van der Waals surface area (Å²) >= 11 is 7.41. The third-order valence-electron chi connectivity index (χ3n) is 1.83. The van der Waals surface area contributed by atoms with E-state index < -0.39 is 0 Å². The number of rotatable bonds is 4. The molecule has 2 heterocycles. The van der Waals surface area contributed by atoms with E-state index in [0.717, 1.165) is 16.7 Å². The summed E-state index contributed by atoms with van der Waals surface area (Å²) in [7, 11) is 0. The molecule has 2 aromatic rings. The van der Waals surface area contributed by atoms with E-state index in [1.165, 1.54) is 4.88 Å². The first kappa shape index (κ1) is 10.5. The van der Waals surface area contributed by atoms with Crippen molar-refractivity contribution in [2.75, 3.05) is 0 Å². The van der Waals surface area contributed by atoms with Crippen LogP contribution < -0.4 is 5.32 Å². The van der Waals surface area contributed by atoms with Crippen LogP contribution in [0.25, 0.3) is 0 Å². The Kier molecular flexibility index (Phi) is 3.66. The molecule has 0 fully saturated rings. The molecule has 78 valence electrons. The molecule has 0 aliphatic carbocycles. The third kappa shape index (κ3) is 3.27. The van der Waals surface area contributed by atoms with Gasteiger partial charge in [-0.1, -0.05) is 11.6 Å². The average Bonchev–Trinajstić information content (AvgIpc) is 2.66. The molecule has 0 spiro atoms. The first-order chi connectivity index (χ1) is 7.34. The summed E-state index contributed by atoms with van der Waals surface area (Å²) in [4.78, 5) is 9.46. The molecule has 0 atom stereocenters. The van der Waals surface area contributed by atoms with Gasteiger partial charge in [0.1, 0.15) is 5.82 Å². The number of hydrogen-bond acceptors (Lipinski definition) is 4. The highest BCUT2D eigenvalue weighted by Crippen LogP contribution is 2.20. The molecule has 15 heavy (non-hydrogen) atoms. The van der Waals surface area contributed by atoms with Gasteiger partial charge in [-0.3, -0.25) is 0 Å². The van der Waals surface area contributed by atoms with E-state index in [2.05, 4.69) is 15.3 Å². The van der Waals surface area contributed by atoms with Crippen molar-refractivity contribution in [3.05, 3.63) is 45.6 Å². The van der Waals surface area contributed by atoms with Crippen molar-refractivity contribution in [2.45, 2.75) is 13.1 Å². The molecule has 0 saturated carbocycles. The molecular weight excluding hydrogens is 230 g/mol. The van der Waals surface area contributed by atoms with Crippen molar-refractivity contribution in [3.8, 4) is 0 Å². The van der Waals surface area contributed by atoms with Crippen molar-refractivity contribution < 1.29 is 0 Å². The van der Waals surface area contributed by atoms with E-state index in [-0.39, 0.29) is 0 Å². The van der Waals surface area contributed by atoms with Crippen molar-refractivity contribution in [3.63, 3.8) is 0 Å². The second-order valence-corrected chi connectivity index (χ2v) is 4.77. The summed E-state index contributed by atoms with van der Waals surface area (Å²) in [6, 6.07) is 5.73. The first-order valence-electron chi connectivity index (χ1n) is 4.55. The lowest BCUT2D eigenvalue weighted by Crippen LogP contribution is -2.13. The molecule has 0 amide bonds. The summed E-state index contributed by atoms with van der Waals surface area (Å²) in [6.45, 7) is 1.48. The van der Waals surface area contributed by atoms with Crippen molar-refractivity contribution in [1.29, 1.82) is 0 Å². The Morgan fingerprint density at radius 2 is 2.00 bits per heavy atom. The predicted molar refractivity (Wildman–Crippen MR) is 61.9 cm³/mol. The van der Waals surface area contributed by atoms with Gasteiger partial charge in [0.25, 0.3) is 0 Å². The average molecular weight is 240 g/mol. The van der Waals surface area contributed by atoms with Crippen LogP contribution in [0.4, 0.5) is 0 Å². The van der Waals surface area contributed by atoms with E-state index in [0.29, 0.717) is 6.54 Å². The summed E-state index contributed by atoms with van der Waals surface area (Å²) in [6.07, 6.45) is 3.48. The van der Waals surface area contributed by atoms with Crippen molar-refractivity contribution >= 4 is 22.9 Å². The van der Waals surface area contributed by atoms with Gasteiger partial charge in [0.15, 0.2) is 0 Å². The number of hydrogen-bond donors (Lipinski definition) is 1. The number of nitrogens with one attached hydrogen (secondary N) is 1. The fourth-order valence-corrected chi connectivity index (χ4v) is 2.22. The molecule has 0 aliphatic rings. The lowest BCUT2D eigenvalue weighted by molar-refractivity contribution is 0.668. The molecule has 1 N–H and O–H groups in total. The van der Waals surface area contributed by atoms with Crippen LogP contribution in [0.1, 0.15) is 10.7 Å². The highest BCUT2D eigenvalue weighted by atomic mass is 35.5. The number of halogens is 1. The maximum Gasteiger partial charge on any atom is 0.141 e. The van der Waals surface area contributed by atoms with Gasteiger partial charge in [0.05, 0.1) is 10.9 Å². The standard InChI is InChI=1S/C10H10ClN3S/c11-9-3-2-8(15-9)6-12-7-10-13-4-1-5-14-10/h1-5,12H,6-7H2. The Hall–Kier alpha value is -0.970. The number of thiophene rings is 1. The van der Waals surface area contributed by atoms with Crippen LogP contribution in [-0.2, 0) is 13.1 Å². The SMILES string of the molecule is Clc1ccc(CNCc2ncccn2)s1. The summed E-state index contributed by atoms with van der Waals surface area (Å²) in [5.74, 6) is 0.806. The Balaban J connectivity index is 1.80. The zero-order chi connectivity index (χ0) is 10.5. The minimum atomic E-state index is 0.677. The van der Waals surface area contributed by atoms with E-state index >= 15 is 0 Å². The molecule has 2 aromatic heterocycles. The van der Waals surface area contributed by atoms with Crippen LogP contribution in [0.5, 0.6) is 0 Å². The molecule has 0 saturated heterocycles. The summed E-state index contributed by atoms with van der Waals surface area (Å²) in [5.41, 5.74) is 0. The maximum atomic E-state index is 5.82. The van der Waals surface area contributed by atoms with Crippen LogP contribution in [0.2, 0.25) is 4.34 Å².